The molecule has 1 aromatic rings. The van der Waals surface area contributed by atoms with Gasteiger partial charge in [0, 0.05) is 17.9 Å². The fourth-order valence-electron chi connectivity index (χ4n) is 1.94. The Balaban J connectivity index is 2.35. The lowest BCUT2D eigenvalue weighted by molar-refractivity contribution is -0.139. The van der Waals surface area contributed by atoms with Gasteiger partial charge < -0.3 is 9.84 Å². The van der Waals surface area contributed by atoms with Crippen LogP contribution in [0.1, 0.15) is 24.0 Å². The van der Waals surface area contributed by atoms with Crippen molar-refractivity contribution in [2.45, 2.75) is 25.2 Å². The molecule has 0 atom stereocenters. The molecule has 0 saturated heterocycles. The first kappa shape index (κ1) is 13.1. The summed E-state index contributed by atoms with van der Waals surface area (Å²) in [7, 11) is 0. The van der Waals surface area contributed by atoms with Gasteiger partial charge in [-0.05, 0) is 17.7 Å². The van der Waals surface area contributed by atoms with Crippen molar-refractivity contribution in [3.63, 3.8) is 0 Å². The molecule has 0 unspecified atom stereocenters. The number of carboxylic acid groups (broad SMARTS) is 1. The molecule has 2 rings (SSSR count). The van der Waals surface area contributed by atoms with E-state index in [2.05, 4.69) is 0 Å². The standard InChI is InChI=1S/C12H11ClF2O3/c13-8-5-7-2-4-18-11(7)9(6-8)12(14,15)3-1-10(16)17/h5-6H,1-4H2,(H,16,17). The van der Waals surface area contributed by atoms with Crippen LogP contribution in [0.3, 0.4) is 0 Å². The van der Waals surface area contributed by atoms with Gasteiger partial charge in [-0.25, -0.2) is 8.78 Å². The first-order valence-electron chi connectivity index (χ1n) is 5.45. The predicted octanol–water partition coefficient (Wildman–Crippen LogP) is 3.23. The number of aliphatic carboxylic acids is 1. The molecule has 0 spiro atoms. The Labute approximate surface area is 107 Å². The van der Waals surface area contributed by atoms with E-state index in [1.54, 1.807) is 6.07 Å². The molecular weight excluding hydrogens is 266 g/mol. The molecule has 1 aliphatic rings. The topological polar surface area (TPSA) is 46.5 Å². The molecule has 18 heavy (non-hydrogen) atoms. The summed E-state index contributed by atoms with van der Waals surface area (Å²) in [4.78, 5) is 10.4. The normalized spacial score (nSPS) is 14.2. The number of halogens is 3. The molecule has 0 bridgehead atoms. The van der Waals surface area contributed by atoms with Gasteiger partial charge in [-0.3, -0.25) is 4.79 Å². The van der Waals surface area contributed by atoms with Crippen molar-refractivity contribution in [3.8, 4) is 5.75 Å². The second kappa shape index (κ2) is 4.72. The van der Waals surface area contributed by atoms with E-state index in [0.29, 0.717) is 18.6 Å². The molecule has 0 fully saturated rings. The van der Waals surface area contributed by atoms with E-state index >= 15 is 0 Å². The van der Waals surface area contributed by atoms with Crippen LogP contribution >= 0.6 is 11.6 Å². The SMILES string of the molecule is O=C(O)CCC(F)(F)c1cc(Cl)cc2c1OCC2. The minimum atomic E-state index is -3.25. The zero-order valence-electron chi connectivity index (χ0n) is 9.38. The molecule has 1 N–H and O–H groups in total. The van der Waals surface area contributed by atoms with E-state index in [1.807, 2.05) is 0 Å². The molecular formula is C12H11ClF2O3. The molecule has 3 nitrogen and oxygen atoms in total. The van der Waals surface area contributed by atoms with Crippen LogP contribution in [0.25, 0.3) is 0 Å². The monoisotopic (exact) mass is 276 g/mol. The van der Waals surface area contributed by atoms with Gasteiger partial charge in [-0.2, -0.15) is 0 Å². The van der Waals surface area contributed by atoms with Crippen molar-refractivity contribution < 1.29 is 23.4 Å². The first-order chi connectivity index (χ1) is 8.40. The number of benzene rings is 1. The molecule has 0 amide bonds. The van der Waals surface area contributed by atoms with Crippen LogP contribution in [-0.2, 0) is 17.1 Å². The fraction of sp³-hybridized carbons (Fsp3) is 0.417. The highest BCUT2D eigenvalue weighted by Gasteiger charge is 2.37. The summed E-state index contributed by atoms with van der Waals surface area (Å²) in [6, 6.07) is 2.74. The van der Waals surface area contributed by atoms with E-state index in [-0.39, 0.29) is 16.3 Å². The van der Waals surface area contributed by atoms with E-state index in [9.17, 15) is 13.6 Å². The number of fused-ring (bicyclic) bond motifs is 1. The third kappa shape index (κ3) is 2.56. The molecule has 98 valence electrons. The molecule has 6 heteroatoms. The highest BCUT2D eigenvalue weighted by molar-refractivity contribution is 6.30. The van der Waals surface area contributed by atoms with Gasteiger partial charge in [0.25, 0.3) is 5.92 Å². The first-order valence-corrected chi connectivity index (χ1v) is 5.83. The largest absolute Gasteiger partial charge is 0.492 e. The summed E-state index contributed by atoms with van der Waals surface area (Å²) in [5, 5.41) is 8.69. The molecule has 1 aliphatic heterocycles. The van der Waals surface area contributed by atoms with Gasteiger partial charge in [0.15, 0.2) is 0 Å². The van der Waals surface area contributed by atoms with Crippen molar-refractivity contribution in [1.29, 1.82) is 0 Å². The molecule has 0 aromatic heterocycles. The van der Waals surface area contributed by atoms with Gasteiger partial charge in [0.2, 0.25) is 0 Å². The highest BCUT2D eigenvalue weighted by atomic mass is 35.5. The van der Waals surface area contributed by atoms with Crippen LogP contribution in [0, 0.1) is 0 Å². The van der Waals surface area contributed by atoms with Crippen LogP contribution in [-0.4, -0.2) is 17.7 Å². The maximum atomic E-state index is 13.9. The Morgan fingerprint density at radius 2 is 2.22 bits per heavy atom. The maximum Gasteiger partial charge on any atom is 0.303 e. The predicted molar refractivity (Wildman–Crippen MR) is 61.4 cm³/mol. The summed E-state index contributed by atoms with van der Waals surface area (Å²) in [6.07, 6.45) is -0.829. The summed E-state index contributed by atoms with van der Waals surface area (Å²) in [6.45, 7) is 0.345. The van der Waals surface area contributed by atoms with E-state index in [4.69, 9.17) is 21.4 Å². The van der Waals surface area contributed by atoms with Crippen molar-refractivity contribution >= 4 is 17.6 Å². The summed E-state index contributed by atoms with van der Waals surface area (Å²) in [5.41, 5.74) is 0.330. The zero-order valence-corrected chi connectivity index (χ0v) is 10.1. The van der Waals surface area contributed by atoms with Crippen LogP contribution in [0.15, 0.2) is 12.1 Å². The molecule has 0 radical (unpaired) electrons. The van der Waals surface area contributed by atoms with Crippen LogP contribution in [0.5, 0.6) is 5.75 Å². The Kier molecular flexibility index (Phi) is 3.43. The number of carbonyl (C=O) groups is 1. The lowest BCUT2D eigenvalue weighted by atomic mass is 9.99. The Morgan fingerprint density at radius 3 is 2.89 bits per heavy atom. The minimum absolute atomic E-state index is 0.148. The second-order valence-electron chi connectivity index (χ2n) is 4.14. The third-order valence-electron chi connectivity index (χ3n) is 2.80. The van der Waals surface area contributed by atoms with Gasteiger partial charge in [0.05, 0.1) is 18.6 Å². The van der Waals surface area contributed by atoms with Crippen LogP contribution < -0.4 is 4.74 Å². The van der Waals surface area contributed by atoms with Gasteiger partial charge in [-0.15, -0.1) is 0 Å². The van der Waals surface area contributed by atoms with Crippen LogP contribution in [0.2, 0.25) is 5.02 Å². The van der Waals surface area contributed by atoms with E-state index < -0.39 is 24.7 Å². The number of hydrogen-bond donors (Lipinski definition) is 1. The van der Waals surface area contributed by atoms with Crippen molar-refractivity contribution in [2.24, 2.45) is 0 Å². The highest BCUT2D eigenvalue weighted by Crippen LogP contribution is 2.43. The lowest BCUT2D eigenvalue weighted by Crippen LogP contribution is -2.16. The molecule has 0 aliphatic carbocycles. The zero-order chi connectivity index (χ0) is 13.3. The number of ether oxygens (including phenoxy) is 1. The summed E-state index contributed by atoms with van der Waals surface area (Å²) >= 11 is 5.79. The maximum absolute atomic E-state index is 13.9. The number of hydrogen-bond acceptors (Lipinski definition) is 2. The average molecular weight is 277 g/mol. The summed E-state index contributed by atoms with van der Waals surface area (Å²) in [5.74, 6) is -4.36. The van der Waals surface area contributed by atoms with E-state index in [1.165, 1.54) is 0 Å². The second-order valence-corrected chi connectivity index (χ2v) is 4.57. The molecule has 0 saturated carbocycles. The van der Waals surface area contributed by atoms with Crippen molar-refractivity contribution in [3.05, 3.63) is 28.3 Å². The van der Waals surface area contributed by atoms with Crippen LogP contribution in [0.4, 0.5) is 8.78 Å². The van der Waals surface area contributed by atoms with Gasteiger partial charge >= 0.3 is 5.97 Å². The number of carboxylic acids is 1. The van der Waals surface area contributed by atoms with Gasteiger partial charge in [0.1, 0.15) is 5.75 Å². The Bertz CT molecular complexity index is 488. The van der Waals surface area contributed by atoms with Crippen molar-refractivity contribution in [2.75, 3.05) is 6.61 Å². The average Bonchev–Trinajstić information content (AvgIpc) is 2.73. The van der Waals surface area contributed by atoms with Gasteiger partial charge in [-0.1, -0.05) is 11.6 Å². The number of rotatable bonds is 4. The molecule has 1 aromatic carbocycles. The number of alkyl halides is 2. The minimum Gasteiger partial charge on any atom is -0.492 e. The summed E-state index contributed by atoms with van der Waals surface area (Å²) < 4.78 is 33.1. The third-order valence-corrected chi connectivity index (χ3v) is 3.01. The smallest absolute Gasteiger partial charge is 0.303 e. The lowest BCUT2D eigenvalue weighted by Gasteiger charge is -2.19. The fourth-order valence-corrected chi connectivity index (χ4v) is 2.18. The molecule has 1 heterocycles. The van der Waals surface area contributed by atoms with Crippen molar-refractivity contribution in [1.82, 2.24) is 0 Å². The Hall–Kier alpha value is -1.36. The van der Waals surface area contributed by atoms with E-state index in [0.717, 1.165) is 6.07 Å². The Morgan fingerprint density at radius 1 is 1.50 bits per heavy atom. The quantitative estimate of drug-likeness (QED) is 0.918.